The number of rotatable bonds is 8. The van der Waals surface area contributed by atoms with E-state index in [9.17, 15) is 9.59 Å². The average molecular weight is 452 g/mol. The summed E-state index contributed by atoms with van der Waals surface area (Å²) in [5.41, 5.74) is 1.29. The molecule has 3 aromatic rings. The number of hydrogen-bond donors (Lipinski definition) is 1. The largest absolute Gasteiger partial charge is 0.493 e. The molecule has 1 aromatic carbocycles. The molecule has 9 heteroatoms. The molecule has 1 aliphatic rings. The van der Waals surface area contributed by atoms with Crippen LogP contribution < -0.4 is 10.1 Å². The fourth-order valence-electron chi connectivity index (χ4n) is 4.09. The predicted octanol–water partition coefficient (Wildman–Crippen LogP) is 3.63. The predicted molar refractivity (Wildman–Crippen MR) is 122 cm³/mol. The topological polar surface area (TPSA) is 102 Å². The van der Waals surface area contributed by atoms with E-state index in [2.05, 4.69) is 15.6 Å². The van der Waals surface area contributed by atoms with Gasteiger partial charge in [-0.15, -0.1) is 0 Å². The minimum atomic E-state index is -0.129. The van der Waals surface area contributed by atoms with Crippen LogP contribution in [0.3, 0.4) is 0 Å². The maximum atomic E-state index is 13.0. The van der Waals surface area contributed by atoms with Crippen molar-refractivity contribution in [3.05, 3.63) is 59.6 Å². The van der Waals surface area contributed by atoms with E-state index in [-0.39, 0.29) is 24.3 Å². The number of nitrogens with zero attached hydrogens (tertiary/aromatic N) is 4. The van der Waals surface area contributed by atoms with Gasteiger partial charge in [0.2, 0.25) is 5.91 Å². The van der Waals surface area contributed by atoms with Gasteiger partial charge in [-0.3, -0.25) is 9.59 Å². The van der Waals surface area contributed by atoms with Crippen LogP contribution in [-0.2, 0) is 11.2 Å². The van der Waals surface area contributed by atoms with Gasteiger partial charge in [0.15, 0.2) is 0 Å². The summed E-state index contributed by atoms with van der Waals surface area (Å²) in [6.07, 6.45) is 4.08. The summed E-state index contributed by atoms with van der Waals surface area (Å²) in [6, 6.07) is 11.3. The first-order chi connectivity index (χ1) is 16.1. The molecule has 1 aliphatic heterocycles. The Labute approximate surface area is 192 Å². The summed E-state index contributed by atoms with van der Waals surface area (Å²) in [5, 5.41) is 11.4. The van der Waals surface area contributed by atoms with Crippen LogP contribution in [-0.4, -0.2) is 51.3 Å². The molecule has 0 bridgehead atoms. The third-order valence-electron chi connectivity index (χ3n) is 5.86. The number of aromatic nitrogens is 3. The second kappa shape index (κ2) is 10.3. The third kappa shape index (κ3) is 5.24. The summed E-state index contributed by atoms with van der Waals surface area (Å²) in [4.78, 5) is 27.3. The summed E-state index contributed by atoms with van der Waals surface area (Å²) in [7, 11) is 0. The number of piperidine rings is 1. The van der Waals surface area contributed by atoms with Gasteiger partial charge in [0.25, 0.3) is 5.91 Å². The lowest BCUT2D eigenvalue weighted by atomic mass is 10.0. The van der Waals surface area contributed by atoms with Gasteiger partial charge < -0.3 is 19.5 Å². The zero-order valence-corrected chi connectivity index (χ0v) is 19.0. The molecule has 0 saturated carbocycles. The molecule has 1 fully saturated rings. The fourth-order valence-corrected chi connectivity index (χ4v) is 4.09. The maximum absolute atomic E-state index is 13.0. The minimum absolute atomic E-state index is 0.0311. The van der Waals surface area contributed by atoms with E-state index in [4.69, 9.17) is 9.26 Å². The molecular formula is C24H29N5O4. The van der Waals surface area contributed by atoms with E-state index >= 15 is 0 Å². The van der Waals surface area contributed by atoms with Gasteiger partial charge in [-0.2, -0.15) is 5.10 Å². The number of aryl methyl sites for hydroxylation is 2. The van der Waals surface area contributed by atoms with Crippen LogP contribution in [0.1, 0.15) is 54.0 Å². The monoisotopic (exact) mass is 451 g/mol. The highest BCUT2D eigenvalue weighted by molar-refractivity contribution is 5.96. The van der Waals surface area contributed by atoms with Gasteiger partial charge in [0, 0.05) is 19.2 Å². The minimum Gasteiger partial charge on any atom is -0.493 e. The van der Waals surface area contributed by atoms with Crippen molar-refractivity contribution in [2.24, 2.45) is 0 Å². The lowest BCUT2D eigenvalue weighted by molar-refractivity contribution is -0.116. The number of ether oxygens (including phenoxy) is 1. The molecule has 0 aliphatic carbocycles. The van der Waals surface area contributed by atoms with Crippen molar-refractivity contribution in [2.75, 3.05) is 25.0 Å². The summed E-state index contributed by atoms with van der Waals surface area (Å²) in [6.45, 7) is 5.24. The Morgan fingerprint density at radius 2 is 1.94 bits per heavy atom. The van der Waals surface area contributed by atoms with Crippen molar-refractivity contribution in [1.29, 1.82) is 0 Å². The SMILES string of the molecule is CCc1noc(C)c1C(=O)N1CCC(n2nccc2NC(=O)CCOc2ccccc2)CC1. The van der Waals surface area contributed by atoms with Crippen molar-refractivity contribution in [3.63, 3.8) is 0 Å². The van der Waals surface area contributed by atoms with Crippen LogP contribution >= 0.6 is 0 Å². The summed E-state index contributed by atoms with van der Waals surface area (Å²) >= 11 is 0. The highest BCUT2D eigenvalue weighted by atomic mass is 16.5. The molecule has 2 amide bonds. The smallest absolute Gasteiger partial charge is 0.259 e. The first-order valence-corrected chi connectivity index (χ1v) is 11.3. The van der Waals surface area contributed by atoms with Gasteiger partial charge >= 0.3 is 0 Å². The highest BCUT2D eigenvalue weighted by Gasteiger charge is 2.29. The van der Waals surface area contributed by atoms with Crippen molar-refractivity contribution >= 4 is 17.6 Å². The van der Waals surface area contributed by atoms with Crippen LogP contribution in [0.25, 0.3) is 0 Å². The van der Waals surface area contributed by atoms with E-state index in [1.807, 2.05) is 46.8 Å². The Kier molecular flexibility index (Phi) is 7.07. The number of carbonyl (C=O) groups excluding carboxylic acids is 2. The van der Waals surface area contributed by atoms with E-state index in [0.29, 0.717) is 49.0 Å². The van der Waals surface area contributed by atoms with Crippen LogP contribution in [0.4, 0.5) is 5.82 Å². The Hall–Kier alpha value is -3.62. The lowest BCUT2D eigenvalue weighted by Gasteiger charge is -2.32. The van der Waals surface area contributed by atoms with Crippen LogP contribution in [0.15, 0.2) is 47.1 Å². The number of anilines is 1. The fraction of sp³-hybridized carbons (Fsp3) is 0.417. The molecule has 33 heavy (non-hydrogen) atoms. The number of carbonyl (C=O) groups is 2. The van der Waals surface area contributed by atoms with Gasteiger partial charge in [0.05, 0.1) is 31.0 Å². The van der Waals surface area contributed by atoms with Gasteiger partial charge in [0.1, 0.15) is 22.9 Å². The van der Waals surface area contributed by atoms with Crippen molar-refractivity contribution < 1.29 is 18.8 Å². The summed E-state index contributed by atoms with van der Waals surface area (Å²) < 4.78 is 12.7. The standard InChI is InChI=1S/C24H29N5O4/c1-3-20-23(17(2)33-27-20)24(31)28-14-10-18(11-15-28)29-21(9-13-25-29)26-22(30)12-16-32-19-7-5-4-6-8-19/h4-9,13,18H,3,10-12,14-16H2,1-2H3,(H,26,30). The normalized spacial score (nSPS) is 14.3. The van der Waals surface area contributed by atoms with Gasteiger partial charge in [-0.1, -0.05) is 30.3 Å². The van der Waals surface area contributed by atoms with E-state index in [1.54, 1.807) is 19.2 Å². The first-order valence-electron chi connectivity index (χ1n) is 11.3. The number of nitrogens with one attached hydrogen (secondary N) is 1. The molecular weight excluding hydrogens is 422 g/mol. The summed E-state index contributed by atoms with van der Waals surface area (Å²) in [5.74, 6) is 1.80. The van der Waals surface area contributed by atoms with E-state index < -0.39 is 0 Å². The Morgan fingerprint density at radius 1 is 1.18 bits per heavy atom. The number of benzene rings is 1. The zero-order valence-electron chi connectivity index (χ0n) is 19.0. The zero-order chi connectivity index (χ0) is 23.2. The second-order valence-corrected chi connectivity index (χ2v) is 8.06. The van der Waals surface area contributed by atoms with Crippen molar-refractivity contribution in [3.8, 4) is 5.75 Å². The van der Waals surface area contributed by atoms with E-state index in [1.165, 1.54) is 0 Å². The molecule has 0 unspecified atom stereocenters. The Morgan fingerprint density at radius 3 is 2.67 bits per heavy atom. The van der Waals surface area contributed by atoms with E-state index in [0.717, 1.165) is 18.6 Å². The quantitative estimate of drug-likeness (QED) is 0.561. The van der Waals surface area contributed by atoms with Crippen molar-refractivity contribution in [1.82, 2.24) is 19.8 Å². The molecule has 1 saturated heterocycles. The Balaban J connectivity index is 1.30. The second-order valence-electron chi connectivity index (χ2n) is 8.06. The van der Waals surface area contributed by atoms with Crippen LogP contribution in [0.2, 0.25) is 0 Å². The molecule has 0 spiro atoms. The number of amides is 2. The average Bonchev–Trinajstić information content (AvgIpc) is 3.45. The van der Waals surface area contributed by atoms with Crippen LogP contribution in [0, 0.1) is 6.92 Å². The molecule has 0 atom stereocenters. The molecule has 2 aromatic heterocycles. The molecule has 174 valence electrons. The highest BCUT2D eigenvalue weighted by Crippen LogP contribution is 2.27. The maximum Gasteiger partial charge on any atom is 0.259 e. The number of para-hydroxylation sites is 1. The first kappa shape index (κ1) is 22.6. The molecule has 3 heterocycles. The number of likely N-dealkylation sites (tertiary alicyclic amines) is 1. The molecule has 1 N–H and O–H groups in total. The molecule has 4 rings (SSSR count). The third-order valence-corrected chi connectivity index (χ3v) is 5.86. The van der Waals surface area contributed by atoms with Crippen LogP contribution in [0.5, 0.6) is 5.75 Å². The Bertz CT molecular complexity index is 1080. The van der Waals surface area contributed by atoms with Gasteiger partial charge in [-0.05, 0) is 38.3 Å². The lowest BCUT2D eigenvalue weighted by Crippen LogP contribution is -2.40. The van der Waals surface area contributed by atoms with Crippen molar-refractivity contribution in [2.45, 2.75) is 45.6 Å². The molecule has 0 radical (unpaired) electrons. The number of hydrogen-bond acceptors (Lipinski definition) is 6. The van der Waals surface area contributed by atoms with Gasteiger partial charge in [-0.25, -0.2) is 4.68 Å². The molecule has 9 nitrogen and oxygen atoms in total.